The predicted octanol–water partition coefficient (Wildman–Crippen LogP) is 5.03. The molecule has 0 aliphatic rings. The first-order valence-electron chi connectivity index (χ1n) is 8.62. The first-order valence-corrected chi connectivity index (χ1v) is 9.43. The lowest BCUT2D eigenvalue weighted by molar-refractivity contribution is 0.395. The van der Waals surface area contributed by atoms with Crippen molar-refractivity contribution in [1.82, 2.24) is 15.2 Å². The van der Waals surface area contributed by atoms with Crippen molar-refractivity contribution in [2.45, 2.75) is 0 Å². The minimum absolute atomic E-state index is 0.667. The van der Waals surface area contributed by atoms with E-state index in [-0.39, 0.29) is 0 Å². The Kier molecular flexibility index (Phi) is 5.16. The topological polar surface area (TPSA) is 69.2 Å². The highest BCUT2D eigenvalue weighted by atomic mass is 32.1. The van der Waals surface area contributed by atoms with Crippen molar-refractivity contribution in [1.29, 1.82) is 0 Å². The molecular formula is C21H18N4O2S. The first kappa shape index (κ1) is 17.9. The number of nitrogens with one attached hydrogen (secondary N) is 1. The number of hydrogen-bond acceptors (Lipinski definition) is 7. The number of rotatable bonds is 6. The summed E-state index contributed by atoms with van der Waals surface area (Å²) in [5.41, 5.74) is 3.46. The minimum atomic E-state index is 0.667. The van der Waals surface area contributed by atoms with Crippen LogP contribution in [0.1, 0.15) is 0 Å². The Balaban J connectivity index is 1.80. The fourth-order valence-corrected chi connectivity index (χ4v) is 3.63. The molecule has 0 fully saturated rings. The van der Waals surface area contributed by atoms with Crippen molar-refractivity contribution in [3.8, 4) is 33.3 Å². The van der Waals surface area contributed by atoms with Gasteiger partial charge in [-0.2, -0.15) is 0 Å². The molecule has 4 aromatic rings. The summed E-state index contributed by atoms with van der Waals surface area (Å²) >= 11 is 1.46. The lowest BCUT2D eigenvalue weighted by Gasteiger charge is -2.14. The molecular weight excluding hydrogens is 372 g/mol. The van der Waals surface area contributed by atoms with Gasteiger partial charge in [-0.1, -0.05) is 35.6 Å². The third kappa shape index (κ3) is 3.65. The summed E-state index contributed by atoms with van der Waals surface area (Å²) in [6.45, 7) is 0. The van der Waals surface area contributed by atoms with Crippen molar-refractivity contribution in [3.63, 3.8) is 0 Å². The third-order valence-electron chi connectivity index (χ3n) is 4.13. The third-order valence-corrected chi connectivity index (χ3v) is 5.00. The molecule has 0 radical (unpaired) electrons. The molecule has 0 saturated heterocycles. The van der Waals surface area contributed by atoms with Gasteiger partial charge < -0.3 is 14.8 Å². The van der Waals surface area contributed by atoms with Crippen LogP contribution in [-0.2, 0) is 0 Å². The summed E-state index contributed by atoms with van der Waals surface area (Å²) < 4.78 is 11.1. The molecule has 7 heteroatoms. The van der Waals surface area contributed by atoms with Gasteiger partial charge in [0, 0.05) is 23.5 Å². The van der Waals surface area contributed by atoms with E-state index in [1.54, 1.807) is 20.4 Å². The molecule has 1 N–H and O–H groups in total. The maximum Gasteiger partial charge on any atom is 0.210 e. The van der Waals surface area contributed by atoms with E-state index >= 15 is 0 Å². The van der Waals surface area contributed by atoms with Crippen LogP contribution in [0.25, 0.3) is 21.8 Å². The fraction of sp³-hybridized carbons (Fsp3) is 0.0952. The molecule has 2 aromatic carbocycles. The number of methoxy groups -OCH3 is 2. The highest BCUT2D eigenvalue weighted by molar-refractivity contribution is 7.18. The van der Waals surface area contributed by atoms with Gasteiger partial charge >= 0.3 is 0 Å². The molecule has 2 aromatic heterocycles. The van der Waals surface area contributed by atoms with E-state index in [0.29, 0.717) is 16.6 Å². The summed E-state index contributed by atoms with van der Waals surface area (Å²) in [5.74, 6) is 1.35. The van der Waals surface area contributed by atoms with Crippen molar-refractivity contribution in [3.05, 3.63) is 66.9 Å². The van der Waals surface area contributed by atoms with Crippen molar-refractivity contribution in [2.75, 3.05) is 19.5 Å². The Morgan fingerprint density at radius 3 is 2.43 bits per heavy atom. The van der Waals surface area contributed by atoms with Crippen LogP contribution in [0.3, 0.4) is 0 Å². The van der Waals surface area contributed by atoms with Gasteiger partial charge in [0.05, 0.1) is 25.5 Å². The molecule has 0 aliphatic heterocycles. The van der Waals surface area contributed by atoms with Gasteiger partial charge in [0.25, 0.3) is 0 Å². The maximum atomic E-state index is 5.63. The van der Waals surface area contributed by atoms with Crippen LogP contribution >= 0.6 is 11.3 Å². The molecule has 4 rings (SSSR count). The van der Waals surface area contributed by atoms with E-state index in [0.717, 1.165) is 27.5 Å². The van der Waals surface area contributed by atoms with Gasteiger partial charge in [0.15, 0.2) is 0 Å². The van der Waals surface area contributed by atoms with Crippen LogP contribution in [0.15, 0.2) is 66.9 Å². The number of nitrogens with zero attached hydrogens (tertiary/aromatic N) is 3. The van der Waals surface area contributed by atoms with E-state index < -0.39 is 0 Å². The quantitative estimate of drug-likeness (QED) is 0.498. The first-order chi connectivity index (χ1) is 13.8. The monoisotopic (exact) mass is 390 g/mol. The standard InChI is InChI=1S/C21H18N4O2S/c1-26-15-12-16(19(18(13-15)27-2)17-10-6-7-11-22-17)20-24-25-21(28-20)23-14-8-4-3-5-9-14/h3-13H,1-2H3,(H,23,25). The fourth-order valence-electron chi connectivity index (χ4n) is 2.84. The SMILES string of the molecule is COc1cc(OC)c(-c2ccccn2)c(-c2nnc(Nc3ccccc3)s2)c1. The Morgan fingerprint density at radius 1 is 0.893 bits per heavy atom. The lowest BCUT2D eigenvalue weighted by atomic mass is 10.0. The van der Waals surface area contributed by atoms with Crippen LogP contribution in [-0.4, -0.2) is 29.4 Å². The molecule has 0 atom stereocenters. The zero-order chi connectivity index (χ0) is 19.3. The number of ether oxygens (including phenoxy) is 2. The number of anilines is 2. The highest BCUT2D eigenvalue weighted by Crippen LogP contribution is 2.43. The number of benzene rings is 2. The minimum Gasteiger partial charge on any atom is -0.497 e. The Morgan fingerprint density at radius 2 is 1.71 bits per heavy atom. The predicted molar refractivity (Wildman–Crippen MR) is 111 cm³/mol. The van der Waals surface area contributed by atoms with Gasteiger partial charge in [0.2, 0.25) is 5.13 Å². The van der Waals surface area contributed by atoms with Crippen LogP contribution in [0.2, 0.25) is 0 Å². The molecule has 0 unspecified atom stereocenters. The largest absolute Gasteiger partial charge is 0.497 e. The molecule has 28 heavy (non-hydrogen) atoms. The van der Waals surface area contributed by atoms with Crippen molar-refractivity contribution >= 4 is 22.2 Å². The van der Waals surface area contributed by atoms with E-state index in [1.807, 2.05) is 60.7 Å². The molecule has 0 aliphatic carbocycles. The van der Waals surface area contributed by atoms with Crippen LogP contribution in [0.5, 0.6) is 11.5 Å². The van der Waals surface area contributed by atoms with E-state index in [4.69, 9.17) is 9.47 Å². The summed E-state index contributed by atoms with van der Waals surface area (Å²) in [6, 6.07) is 19.4. The van der Waals surface area contributed by atoms with Crippen LogP contribution in [0, 0.1) is 0 Å². The molecule has 0 spiro atoms. The summed E-state index contributed by atoms with van der Waals surface area (Å²) in [4.78, 5) is 4.49. The van der Waals surface area contributed by atoms with E-state index in [1.165, 1.54) is 11.3 Å². The highest BCUT2D eigenvalue weighted by Gasteiger charge is 2.20. The Hall–Kier alpha value is -3.45. The van der Waals surface area contributed by atoms with Gasteiger partial charge in [-0.3, -0.25) is 4.98 Å². The number of para-hydroxylation sites is 1. The second-order valence-corrected chi connectivity index (χ2v) is 6.85. The van der Waals surface area contributed by atoms with Gasteiger partial charge in [-0.15, -0.1) is 10.2 Å². The smallest absolute Gasteiger partial charge is 0.210 e. The summed E-state index contributed by atoms with van der Waals surface area (Å²) in [5, 5.41) is 13.4. The average Bonchev–Trinajstić information content (AvgIpc) is 3.22. The van der Waals surface area contributed by atoms with Gasteiger partial charge in [0.1, 0.15) is 16.5 Å². The maximum absolute atomic E-state index is 5.63. The number of aromatic nitrogens is 3. The molecule has 0 saturated carbocycles. The molecule has 0 bridgehead atoms. The zero-order valence-corrected chi connectivity index (χ0v) is 16.2. The van der Waals surface area contributed by atoms with Gasteiger partial charge in [-0.05, 0) is 30.3 Å². The zero-order valence-electron chi connectivity index (χ0n) is 15.4. The summed E-state index contributed by atoms with van der Waals surface area (Å²) in [6.07, 6.45) is 1.76. The van der Waals surface area contributed by atoms with E-state index in [9.17, 15) is 0 Å². The van der Waals surface area contributed by atoms with Crippen molar-refractivity contribution < 1.29 is 9.47 Å². The van der Waals surface area contributed by atoms with Crippen LogP contribution in [0.4, 0.5) is 10.8 Å². The Bertz CT molecular complexity index is 1070. The normalized spacial score (nSPS) is 10.5. The second kappa shape index (κ2) is 8.06. The Labute approximate surface area is 166 Å². The van der Waals surface area contributed by atoms with Crippen molar-refractivity contribution in [2.24, 2.45) is 0 Å². The average molecular weight is 390 g/mol. The number of pyridine rings is 1. The van der Waals surface area contributed by atoms with Gasteiger partial charge in [-0.25, -0.2) is 0 Å². The molecule has 2 heterocycles. The molecule has 140 valence electrons. The molecule has 6 nitrogen and oxygen atoms in total. The molecule has 0 amide bonds. The lowest BCUT2D eigenvalue weighted by Crippen LogP contribution is -1.95. The van der Waals surface area contributed by atoms with Crippen LogP contribution < -0.4 is 14.8 Å². The number of hydrogen-bond donors (Lipinski definition) is 1. The van der Waals surface area contributed by atoms with E-state index in [2.05, 4.69) is 20.5 Å². The second-order valence-electron chi connectivity index (χ2n) is 5.87. The summed E-state index contributed by atoms with van der Waals surface area (Å²) in [7, 11) is 3.26.